The van der Waals surface area contributed by atoms with E-state index < -0.39 is 0 Å². The highest BCUT2D eigenvalue weighted by Gasteiger charge is 2.16. The zero-order valence-corrected chi connectivity index (χ0v) is 14.3. The number of aryl methyl sites for hydroxylation is 2. The molecule has 1 N–H and O–H groups in total. The van der Waals surface area contributed by atoms with Crippen molar-refractivity contribution in [3.63, 3.8) is 0 Å². The van der Waals surface area contributed by atoms with Crippen LogP contribution in [0.4, 0.5) is 0 Å². The number of aromatic nitrogens is 2. The average Bonchev–Trinajstić information content (AvgIpc) is 2.76. The van der Waals surface area contributed by atoms with Crippen LogP contribution in [0.5, 0.6) is 0 Å². The lowest BCUT2D eigenvalue weighted by molar-refractivity contribution is 0.539. The molecule has 5 heteroatoms. The lowest BCUT2D eigenvalue weighted by Crippen LogP contribution is -2.21. The van der Waals surface area contributed by atoms with Crippen LogP contribution in [-0.2, 0) is 13.0 Å². The maximum atomic E-state index is 6.01. The molecule has 2 aromatic rings. The van der Waals surface area contributed by atoms with E-state index in [9.17, 15) is 0 Å². The minimum absolute atomic E-state index is 0.225. The fraction of sp³-hybridized carbons (Fsp3) is 0.400. The molecule has 0 radical (unpaired) electrons. The summed E-state index contributed by atoms with van der Waals surface area (Å²) in [5, 5.41) is 8.62. The molecule has 0 fully saturated rings. The predicted octanol–water partition coefficient (Wildman–Crippen LogP) is 4.13. The van der Waals surface area contributed by atoms with Crippen molar-refractivity contribution in [2.75, 3.05) is 7.05 Å². The first-order valence-corrected chi connectivity index (χ1v) is 7.87. The van der Waals surface area contributed by atoms with Gasteiger partial charge >= 0.3 is 0 Å². The number of benzene rings is 1. The van der Waals surface area contributed by atoms with Gasteiger partial charge in [0.1, 0.15) is 0 Å². The summed E-state index contributed by atoms with van der Waals surface area (Å²) < 4.78 is 3.09. The molecule has 1 atom stereocenters. The van der Waals surface area contributed by atoms with Crippen LogP contribution in [0.3, 0.4) is 0 Å². The van der Waals surface area contributed by atoms with E-state index in [1.165, 1.54) is 11.3 Å². The second kappa shape index (κ2) is 6.74. The van der Waals surface area contributed by atoms with Gasteiger partial charge in [-0.3, -0.25) is 4.68 Å². The molecular weight excluding hydrogens is 338 g/mol. The van der Waals surface area contributed by atoms with Crippen molar-refractivity contribution >= 4 is 27.5 Å². The number of hydrogen-bond donors (Lipinski definition) is 1. The standard InChI is InChI=1S/C15H19BrClN3/c1-4-20-12(7-10(2)19-20)9-15(18-3)13-6-5-11(17)8-14(13)16/h5-8,15,18H,4,9H2,1-3H3. The summed E-state index contributed by atoms with van der Waals surface area (Å²) >= 11 is 9.61. The Balaban J connectivity index is 2.28. The van der Waals surface area contributed by atoms with Gasteiger partial charge in [-0.05, 0) is 44.7 Å². The Morgan fingerprint density at radius 3 is 2.75 bits per heavy atom. The van der Waals surface area contributed by atoms with Gasteiger partial charge in [0.05, 0.1) is 5.69 Å². The molecule has 0 aliphatic rings. The molecule has 1 unspecified atom stereocenters. The lowest BCUT2D eigenvalue weighted by atomic mass is 10.0. The molecule has 1 aromatic heterocycles. The minimum atomic E-state index is 0.225. The zero-order valence-electron chi connectivity index (χ0n) is 12.0. The Hall–Kier alpha value is -0.840. The van der Waals surface area contributed by atoms with Gasteiger partial charge in [-0.1, -0.05) is 33.6 Å². The van der Waals surface area contributed by atoms with Crippen LogP contribution in [0.15, 0.2) is 28.7 Å². The Bertz CT molecular complexity index is 595. The number of likely N-dealkylation sites (N-methyl/N-ethyl adjacent to an activating group) is 1. The third-order valence-corrected chi connectivity index (χ3v) is 4.31. The van der Waals surface area contributed by atoms with Crippen molar-refractivity contribution in [1.29, 1.82) is 0 Å². The van der Waals surface area contributed by atoms with Gasteiger partial charge in [-0.2, -0.15) is 5.10 Å². The fourth-order valence-corrected chi connectivity index (χ4v) is 3.36. The van der Waals surface area contributed by atoms with Crippen molar-refractivity contribution in [3.8, 4) is 0 Å². The van der Waals surface area contributed by atoms with Crippen LogP contribution in [-0.4, -0.2) is 16.8 Å². The van der Waals surface area contributed by atoms with E-state index in [1.54, 1.807) is 0 Å². The van der Waals surface area contributed by atoms with Crippen LogP contribution in [0.1, 0.15) is 29.9 Å². The van der Waals surface area contributed by atoms with Crippen molar-refractivity contribution in [2.45, 2.75) is 32.9 Å². The summed E-state index contributed by atoms with van der Waals surface area (Å²) in [5.41, 5.74) is 3.51. The SMILES string of the molecule is CCn1nc(C)cc1CC(NC)c1ccc(Cl)cc1Br. The van der Waals surface area contributed by atoms with Crippen LogP contribution in [0, 0.1) is 6.92 Å². The summed E-state index contributed by atoms with van der Waals surface area (Å²) in [6.45, 7) is 5.03. The molecule has 108 valence electrons. The van der Waals surface area contributed by atoms with Crippen LogP contribution in [0.25, 0.3) is 0 Å². The summed E-state index contributed by atoms with van der Waals surface area (Å²) in [6.07, 6.45) is 0.894. The van der Waals surface area contributed by atoms with Crippen LogP contribution in [0.2, 0.25) is 5.02 Å². The Kier molecular flexibility index (Phi) is 5.24. The molecule has 0 spiro atoms. The van der Waals surface area contributed by atoms with Gasteiger partial charge in [0, 0.05) is 34.2 Å². The molecular formula is C15H19BrClN3. The first-order chi connectivity index (χ1) is 9.55. The number of nitrogens with zero attached hydrogens (tertiary/aromatic N) is 2. The van der Waals surface area contributed by atoms with Crippen LogP contribution < -0.4 is 5.32 Å². The second-order valence-electron chi connectivity index (χ2n) is 4.80. The van der Waals surface area contributed by atoms with E-state index in [-0.39, 0.29) is 6.04 Å². The Labute approximate surface area is 133 Å². The number of rotatable bonds is 5. The molecule has 0 amide bonds. The highest BCUT2D eigenvalue weighted by atomic mass is 79.9. The molecule has 1 heterocycles. The van der Waals surface area contributed by atoms with Gasteiger partial charge < -0.3 is 5.32 Å². The lowest BCUT2D eigenvalue weighted by Gasteiger charge is -2.19. The average molecular weight is 357 g/mol. The number of halogens is 2. The first kappa shape index (κ1) is 15.5. The normalized spacial score (nSPS) is 12.7. The Morgan fingerprint density at radius 1 is 1.40 bits per heavy atom. The van der Waals surface area contributed by atoms with E-state index >= 15 is 0 Å². The van der Waals surface area contributed by atoms with E-state index in [2.05, 4.69) is 50.1 Å². The maximum absolute atomic E-state index is 6.01. The molecule has 0 aliphatic carbocycles. The number of hydrogen-bond acceptors (Lipinski definition) is 2. The molecule has 20 heavy (non-hydrogen) atoms. The molecule has 0 bridgehead atoms. The van der Waals surface area contributed by atoms with Gasteiger partial charge in [-0.25, -0.2) is 0 Å². The molecule has 2 rings (SSSR count). The van der Waals surface area contributed by atoms with Crippen LogP contribution >= 0.6 is 27.5 Å². The van der Waals surface area contributed by atoms with Crippen molar-refractivity contribution in [3.05, 3.63) is 50.7 Å². The zero-order chi connectivity index (χ0) is 14.7. The van der Waals surface area contributed by atoms with E-state index in [0.717, 1.165) is 28.2 Å². The van der Waals surface area contributed by atoms with Crippen molar-refractivity contribution in [2.24, 2.45) is 0 Å². The minimum Gasteiger partial charge on any atom is -0.313 e. The summed E-state index contributed by atoms with van der Waals surface area (Å²) in [4.78, 5) is 0. The van der Waals surface area contributed by atoms with Gasteiger partial charge in [0.25, 0.3) is 0 Å². The number of nitrogens with one attached hydrogen (secondary N) is 1. The Morgan fingerprint density at radius 2 is 2.15 bits per heavy atom. The second-order valence-corrected chi connectivity index (χ2v) is 6.09. The molecule has 0 saturated carbocycles. The first-order valence-electron chi connectivity index (χ1n) is 6.70. The topological polar surface area (TPSA) is 29.9 Å². The highest BCUT2D eigenvalue weighted by Crippen LogP contribution is 2.28. The maximum Gasteiger partial charge on any atom is 0.0596 e. The van der Waals surface area contributed by atoms with Gasteiger partial charge in [0.2, 0.25) is 0 Å². The molecule has 3 nitrogen and oxygen atoms in total. The van der Waals surface area contributed by atoms with E-state index in [4.69, 9.17) is 11.6 Å². The van der Waals surface area contributed by atoms with Gasteiger partial charge in [-0.15, -0.1) is 0 Å². The quantitative estimate of drug-likeness (QED) is 0.873. The molecule has 0 aliphatic heterocycles. The van der Waals surface area contributed by atoms with E-state index in [0.29, 0.717) is 0 Å². The van der Waals surface area contributed by atoms with Crippen molar-refractivity contribution < 1.29 is 0 Å². The van der Waals surface area contributed by atoms with Gasteiger partial charge in [0.15, 0.2) is 0 Å². The third-order valence-electron chi connectivity index (χ3n) is 3.38. The smallest absolute Gasteiger partial charge is 0.0596 e. The summed E-state index contributed by atoms with van der Waals surface area (Å²) in [7, 11) is 1.98. The summed E-state index contributed by atoms with van der Waals surface area (Å²) in [5.74, 6) is 0. The predicted molar refractivity (Wildman–Crippen MR) is 87.3 cm³/mol. The highest BCUT2D eigenvalue weighted by molar-refractivity contribution is 9.10. The largest absolute Gasteiger partial charge is 0.313 e. The summed E-state index contributed by atoms with van der Waals surface area (Å²) in [6, 6.07) is 8.30. The monoisotopic (exact) mass is 355 g/mol. The third kappa shape index (κ3) is 3.43. The fourth-order valence-electron chi connectivity index (χ4n) is 2.40. The van der Waals surface area contributed by atoms with E-state index in [1.807, 2.05) is 26.1 Å². The van der Waals surface area contributed by atoms with Crippen molar-refractivity contribution in [1.82, 2.24) is 15.1 Å². The molecule has 0 saturated heterocycles. The molecule has 1 aromatic carbocycles.